The molecule has 0 radical (unpaired) electrons. The van der Waals surface area contributed by atoms with Gasteiger partial charge in [-0.15, -0.1) is 0 Å². The number of carbonyl (C=O) groups excluding carboxylic acids is 1. The minimum Gasteiger partial charge on any atom is -0.462 e. The summed E-state index contributed by atoms with van der Waals surface area (Å²) in [5, 5.41) is 0. The van der Waals surface area contributed by atoms with Gasteiger partial charge in [-0.1, -0.05) is 0 Å². The molecule has 1 aromatic carbocycles. The van der Waals surface area contributed by atoms with E-state index in [2.05, 4.69) is 9.55 Å². The van der Waals surface area contributed by atoms with E-state index >= 15 is 0 Å². The molecular formula is C21H19FN2O2. The second-order valence-electron chi connectivity index (χ2n) is 6.26. The number of esters is 1. The first-order chi connectivity index (χ1) is 12.7. The Bertz CT molecular complexity index is 946. The van der Waals surface area contributed by atoms with Gasteiger partial charge in [0.2, 0.25) is 0 Å². The van der Waals surface area contributed by atoms with Gasteiger partial charge in [0.25, 0.3) is 0 Å². The van der Waals surface area contributed by atoms with Crippen LogP contribution in [0.1, 0.15) is 29.4 Å². The van der Waals surface area contributed by atoms with Crippen LogP contribution >= 0.6 is 0 Å². The van der Waals surface area contributed by atoms with Crippen molar-refractivity contribution in [2.24, 2.45) is 0 Å². The molecule has 0 unspecified atom stereocenters. The van der Waals surface area contributed by atoms with Gasteiger partial charge in [-0.3, -0.25) is 4.98 Å². The maximum absolute atomic E-state index is 13.4. The van der Waals surface area contributed by atoms with Crippen LogP contribution in [-0.4, -0.2) is 22.1 Å². The molecule has 5 heteroatoms. The van der Waals surface area contributed by atoms with Gasteiger partial charge in [0.15, 0.2) is 0 Å². The maximum Gasteiger partial charge on any atom is 0.340 e. The normalized spacial score (nSPS) is 12.8. The van der Waals surface area contributed by atoms with E-state index in [1.54, 1.807) is 31.5 Å². The lowest BCUT2D eigenvalue weighted by molar-refractivity contribution is 0.0526. The Hall–Kier alpha value is -2.95. The molecule has 1 aliphatic rings. The van der Waals surface area contributed by atoms with E-state index in [0.29, 0.717) is 12.2 Å². The van der Waals surface area contributed by atoms with Crippen LogP contribution < -0.4 is 0 Å². The van der Waals surface area contributed by atoms with Crippen LogP contribution in [0.25, 0.3) is 22.4 Å². The van der Waals surface area contributed by atoms with Crippen LogP contribution in [-0.2, 0) is 17.7 Å². The maximum atomic E-state index is 13.4. The summed E-state index contributed by atoms with van der Waals surface area (Å²) in [6.07, 6.45) is 5.23. The zero-order valence-electron chi connectivity index (χ0n) is 14.5. The average Bonchev–Trinajstić information content (AvgIpc) is 3.23. The topological polar surface area (TPSA) is 44.1 Å². The Morgan fingerprint density at radius 1 is 1.15 bits per heavy atom. The average molecular weight is 350 g/mol. The van der Waals surface area contributed by atoms with Crippen LogP contribution in [0.2, 0.25) is 0 Å². The highest BCUT2D eigenvalue weighted by Gasteiger charge is 2.31. The summed E-state index contributed by atoms with van der Waals surface area (Å²) in [6.45, 7) is 2.96. The molecule has 0 fully saturated rings. The predicted molar refractivity (Wildman–Crippen MR) is 97.3 cm³/mol. The standard InChI is InChI=1S/C21H19FN2O2/c1-2-26-21(25)19-17-4-3-13-24(17)20(15-5-7-16(22)8-6-15)18(19)14-9-11-23-12-10-14/h5-12H,2-4,13H2,1H3. The van der Waals surface area contributed by atoms with Gasteiger partial charge in [0.05, 0.1) is 17.9 Å². The Morgan fingerprint density at radius 2 is 1.88 bits per heavy atom. The predicted octanol–water partition coefficient (Wildman–Crippen LogP) is 4.48. The van der Waals surface area contributed by atoms with Gasteiger partial charge >= 0.3 is 5.97 Å². The minimum atomic E-state index is -0.307. The molecule has 132 valence electrons. The van der Waals surface area contributed by atoms with E-state index in [9.17, 15) is 9.18 Å². The second kappa shape index (κ2) is 6.75. The summed E-state index contributed by atoms with van der Waals surface area (Å²) in [4.78, 5) is 16.9. The van der Waals surface area contributed by atoms with Crippen molar-refractivity contribution in [1.82, 2.24) is 9.55 Å². The van der Waals surface area contributed by atoms with Crippen molar-refractivity contribution in [1.29, 1.82) is 0 Å². The smallest absolute Gasteiger partial charge is 0.340 e. The first kappa shape index (κ1) is 16.5. The van der Waals surface area contributed by atoms with Crippen molar-refractivity contribution in [3.63, 3.8) is 0 Å². The van der Waals surface area contributed by atoms with Crippen LogP contribution in [0, 0.1) is 5.82 Å². The lowest BCUT2D eigenvalue weighted by Gasteiger charge is -2.11. The van der Waals surface area contributed by atoms with Crippen molar-refractivity contribution in [3.05, 3.63) is 65.9 Å². The van der Waals surface area contributed by atoms with E-state index in [1.165, 1.54) is 12.1 Å². The Balaban J connectivity index is 2.02. The Morgan fingerprint density at radius 3 is 2.58 bits per heavy atom. The fraction of sp³-hybridized carbons (Fsp3) is 0.238. The third-order valence-corrected chi connectivity index (χ3v) is 4.73. The second-order valence-corrected chi connectivity index (χ2v) is 6.26. The van der Waals surface area contributed by atoms with Crippen LogP contribution in [0.4, 0.5) is 4.39 Å². The minimum absolute atomic E-state index is 0.280. The van der Waals surface area contributed by atoms with E-state index in [1.807, 2.05) is 12.1 Å². The highest BCUT2D eigenvalue weighted by Crippen LogP contribution is 2.42. The first-order valence-electron chi connectivity index (χ1n) is 8.79. The van der Waals surface area contributed by atoms with Crippen molar-refractivity contribution in [2.45, 2.75) is 26.3 Å². The molecule has 0 saturated carbocycles. The number of pyridine rings is 1. The third kappa shape index (κ3) is 2.69. The van der Waals surface area contributed by atoms with Crippen LogP contribution in [0.5, 0.6) is 0 Å². The Kier molecular flexibility index (Phi) is 4.29. The van der Waals surface area contributed by atoms with Crippen LogP contribution in [0.15, 0.2) is 48.8 Å². The van der Waals surface area contributed by atoms with Crippen molar-refractivity contribution in [2.75, 3.05) is 6.61 Å². The van der Waals surface area contributed by atoms with Gasteiger partial charge in [-0.2, -0.15) is 0 Å². The molecule has 0 saturated heterocycles. The fourth-order valence-electron chi connectivity index (χ4n) is 3.71. The number of fused-ring (bicyclic) bond motifs is 1. The number of carbonyl (C=O) groups is 1. The number of benzene rings is 1. The molecule has 0 atom stereocenters. The zero-order valence-corrected chi connectivity index (χ0v) is 14.5. The summed E-state index contributed by atoms with van der Waals surface area (Å²) < 4.78 is 21.0. The summed E-state index contributed by atoms with van der Waals surface area (Å²) in [7, 11) is 0. The molecule has 3 heterocycles. The molecule has 1 aliphatic heterocycles. The van der Waals surface area contributed by atoms with Crippen molar-refractivity contribution >= 4 is 5.97 Å². The Labute approximate surface area is 151 Å². The first-order valence-corrected chi connectivity index (χ1v) is 8.79. The molecule has 0 N–H and O–H groups in total. The summed E-state index contributed by atoms with van der Waals surface area (Å²) in [5.74, 6) is -0.587. The number of ether oxygens (including phenoxy) is 1. The molecule has 0 aliphatic carbocycles. The van der Waals surface area contributed by atoms with Crippen LogP contribution in [0.3, 0.4) is 0 Å². The van der Waals surface area contributed by atoms with E-state index in [0.717, 1.165) is 47.5 Å². The van der Waals surface area contributed by atoms with Gasteiger partial charge < -0.3 is 9.30 Å². The van der Waals surface area contributed by atoms with Crippen molar-refractivity contribution in [3.8, 4) is 22.4 Å². The number of aromatic nitrogens is 2. The number of nitrogens with zero attached hydrogens (tertiary/aromatic N) is 2. The lowest BCUT2D eigenvalue weighted by atomic mass is 9.96. The number of hydrogen-bond donors (Lipinski definition) is 0. The highest BCUT2D eigenvalue weighted by molar-refractivity contribution is 6.03. The quantitative estimate of drug-likeness (QED) is 0.652. The molecule has 26 heavy (non-hydrogen) atoms. The molecule has 0 spiro atoms. The molecule has 0 bridgehead atoms. The van der Waals surface area contributed by atoms with E-state index < -0.39 is 0 Å². The molecule has 0 amide bonds. The number of rotatable bonds is 4. The van der Waals surface area contributed by atoms with E-state index in [4.69, 9.17) is 4.74 Å². The lowest BCUT2D eigenvalue weighted by Crippen LogP contribution is -2.08. The monoisotopic (exact) mass is 350 g/mol. The highest BCUT2D eigenvalue weighted by atomic mass is 19.1. The van der Waals surface area contributed by atoms with Gasteiger partial charge in [-0.05, 0) is 67.3 Å². The SMILES string of the molecule is CCOC(=O)c1c(-c2ccncc2)c(-c2ccc(F)cc2)n2c1CCC2. The van der Waals surface area contributed by atoms with Gasteiger partial charge in [0, 0.05) is 30.2 Å². The number of hydrogen-bond acceptors (Lipinski definition) is 3. The summed E-state index contributed by atoms with van der Waals surface area (Å²) in [5.41, 5.74) is 5.18. The molecule has 4 rings (SSSR count). The molecule has 4 nitrogen and oxygen atoms in total. The largest absolute Gasteiger partial charge is 0.462 e. The summed E-state index contributed by atoms with van der Waals surface area (Å²) in [6, 6.07) is 10.2. The molecule has 2 aromatic heterocycles. The molecule has 3 aromatic rings. The zero-order chi connectivity index (χ0) is 18.1. The third-order valence-electron chi connectivity index (χ3n) is 4.73. The van der Waals surface area contributed by atoms with Crippen molar-refractivity contribution < 1.29 is 13.9 Å². The summed E-state index contributed by atoms with van der Waals surface area (Å²) >= 11 is 0. The molecular weight excluding hydrogens is 331 g/mol. The number of halogens is 1. The van der Waals surface area contributed by atoms with Gasteiger partial charge in [0.1, 0.15) is 5.82 Å². The fourth-order valence-corrected chi connectivity index (χ4v) is 3.71. The van der Waals surface area contributed by atoms with Gasteiger partial charge in [-0.25, -0.2) is 9.18 Å². The van der Waals surface area contributed by atoms with E-state index in [-0.39, 0.29) is 11.8 Å².